The molecule has 0 aromatic carbocycles. The van der Waals surface area contributed by atoms with Crippen molar-refractivity contribution in [2.75, 3.05) is 39.5 Å². The summed E-state index contributed by atoms with van der Waals surface area (Å²) in [6.45, 7) is -13.0. The highest BCUT2D eigenvalue weighted by molar-refractivity contribution is 7.84. The van der Waals surface area contributed by atoms with E-state index in [0.717, 1.165) is 0 Å². The van der Waals surface area contributed by atoms with E-state index in [1.54, 1.807) is 0 Å². The van der Waals surface area contributed by atoms with Crippen molar-refractivity contribution in [3.05, 3.63) is 0 Å². The number of carbonyl (C=O) groups is 2. The van der Waals surface area contributed by atoms with Crippen LogP contribution in [0.15, 0.2) is 0 Å². The van der Waals surface area contributed by atoms with E-state index in [1.165, 1.54) is 10.6 Å². The standard InChI is InChI=1S/C27H50N2O67S15/c30-4-8-14(87-102(48,49)50)18(91-106(60,61)62)22(95-110(72,73)74)26(81-8)83-12(10(85-100(42,43)44)6-79-98(36,37)38)16(89-104(54,55)56)20(93-108(66,67)68)24(31)28-2-1-3-29-25(32)21(94-109(69,70)71)17(90-105(57,58)59)13(11(86-101(45,46)47)7-80-99(39,40)41)84-27-23(96-111(75,76)77)19(92-107(63,64)65)15(88-103(51,52)53)9(82-27)5-78-97(33,34)35/h8-23,26-27,30H,1-7H2,(H,28,31)(H,29,32)(H,33,34,35)(H,36,37,38)(H,39,40,41)(H,42,43,44)(H,45,46,47)(H,48,49,50)(H,51,52,53)(H,54,55,56)(H,57,58,59)(H,60,61,62)(H,63,64,65)(H,66,67,68)(H,69,70,71)(H,72,73,74)(H,75,76,77)/t8-,9-,10-,11-,12-,13-,14+,15+,16+,17+,18+,19+,20-,21-,22-,23-,26+,27+/m1/s1. The molecule has 0 aliphatic carbocycles. The predicted octanol–water partition coefficient (Wildman–Crippen LogP) is -14.5. The molecule has 0 aromatic heterocycles. The van der Waals surface area contributed by atoms with Crippen LogP contribution >= 0.6 is 0 Å². The van der Waals surface area contributed by atoms with Crippen molar-refractivity contribution in [1.29, 1.82) is 0 Å². The second-order valence-electron chi connectivity index (χ2n) is 19.5. The highest BCUT2D eigenvalue weighted by Crippen LogP contribution is 2.37. The molecule has 2 aliphatic rings. The molecule has 0 radical (unpaired) electrons. The van der Waals surface area contributed by atoms with Gasteiger partial charge in [-0.1, -0.05) is 0 Å². The monoisotopic (exact) mass is 1950 g/mol. The van der Waals surface area contributed by atoms with Crippen LogP contribution in [0, 0.1) is 0 Å². The molecule has 18 N–H and O–H groups in total. The molecule has 660 valence electrons. The molecule has 69 nitrogen and oxygen atoms in total. The summed E-state index contributed by atoms with van der Waals surface area (Å²) < 4.78 is 590. The summed E-state index contributed by atoms with van der Waals surface area (Å²) in [4.78, 5) is 28.3. The summed E-state index contributed by atoms with van der Waals surface area (Å²) in [7, 11) is -98.3. The highest BCUT2D eigenvalue weighted by Gasteiger charge is 2.60. The second kappa shape index (κ2) is 39.1. The minimum absolute atomic E-state index is 1.31. The lowest BCUT2D eigenvalue weighted by molar-refractivity contribution is -0.313. The molecular formula is C27H50N2O67S15. The zero-order valence-corrected chi connectivity index (χ0v) is 63.7. The van der Waals surface area contributed by atoms with Gasteiger partial charge in [0, 0.05) is 13.1 Å². The lowest BCUT2D eigenvalue weighted by atomic mass is 9.98. The topological polar surface area (TPSA) is 1070 Å². The van der Waals surface area contributed by atoms with Crippen LogP contribution in [0.25, 0.3) is 0 Å². The Bertz CT molecular complexity index is 5070. The number of aliphatic hydroxyl groups is 1. The Morgan fingerprint density at radius 3 is 0.802 bits per heavy atom. The SMILES string of the molecule is O=C(NCCCNC(=O)[C@H](OS(=O)(=O)O)[C@@H](OS(=O)(=O)O)[C@H](O[C@@H]1O[C@H](COS(=O)(=O)O)[C@H](OS(=O)(=O)O)[C@H](OS(=O)(=O)O)[C@H]1OS(=O)(=O)O)[C@@H](COS(=O)(=O)O)OS(=O)(=O)O)[C@H](OS(=O)(=O)O)[C@@H](OS(=O)(=O)O)[C@H](O[C@@H]1O[C@H](CO)[C@H](OS(=O)(=O)O)[C@H](OS(=O)(=O)O)[C@H]1OS(=O)(=O)O)[C@@H](COS(=O)(=O)O)OS(=O)(=O)O. The minimum atomic E-state index is -6.94. The average molecular weight is 1960 g/mol. The zero-order valence-electron chi connectivity index (χ0n) is 51.4. The average Bonchev–Trinajstić information content (AvgIpc) is 0.767. The first-order valence-electron chi connectivity index (χ1n) is 25.6. The number of rotatable bonds is 50. The van der Waals surface area contributed by atoms with E-state index in [1.807, 2.05) is 0 Å². The fourth-order valence-electron chi connectivity index (χ4n) is 8.25. The van der Waals surface area contributed by atoms with Gasteiger partial charge < -0.3 is 34.7 Å². The number of nitrogens with one attached hydrogen (secondary N) is 2. The highest BCUT2D eigenvalue weighted by atomic mass is 32.3. The maximum Gasteiger partial charge on any atom is 0.398 e. The molecular weight excluding hydrogens is 1910 g/mol. The van der Waals surface area contributed by atoms with Crippen LogP contribution in [-0.4, -0.2) is 361 Å². The van der Waals surface area contributed by atoms with Gasteiger partial charge in [-0.25, -0.2) is 62.7 Å². The van der Waals surface area contributed by atoms with Gasteiger partial charge in [0.2, 0.25) is 0 Å². The van der Waals surface area contributed by atoms with Crippen molar-refractivity contribution in [3.8, 4) is 0 Å². The van der Waals surface area contributed by atoms with Gasteiger partial charge in [0.25, 0.3) is 11.8 Å². The molecule has 0 bridgehead atoms. The van der Waals surface area contributed by atoms with Gasteiger partial charge >= 0.3 is 156 Å². The Hall–Kier alpha value is -3.21. The van der Waals surface area contributed by atoms with Crippen molar-refractivity contribution in [2.45, 2.75) is 117 Å². The normalized spacial score (nSPS) is 24.6. The van der Waals surface area contributed by atoms with Crippen LogP contribution < -0.4 is 10.6 Å². The molecule has 0 aromatic rings. The zero-order chi connectivity index (χ0) is 86.8. The molecule has 2 rings (SSSR count). The lowest BCUT2D eigenvalue weighted by Gasteiger charge is -2.45. The van der Waals surface area contributed by atoms with E-state index in [-0.39, 0.29) is 0 Å². The minimum Gasteiger partial charge on any atom is -0.394 e. The third kappa shape index (κ3) is 43.2. The van der Waals surface area contributed by atoms with Crippen LogP contribution in [0.2, 0.25) is 0 Å². The molecule has 0 unspecified atom stereocenters. The van der Waals surface area contributed by atoms with E-state index in [0.29, 0.717) is 0 Å². The molecule has 2 amide bonds. The van der Waals surface area contributed by atoms with E-state index in [4.69, 9.17) is 18.9 Å². The first-order valence-corrected chi connectivity index (χ1v) is 46.1. The Kier molecular flexibility index (Phi) is 36.6. The van der Waals surface area contributed by atoms with Gasteiger partial charge in [0.1, 0.15) is 73.2 Å². The van der Waals surface area contributed by atoms with E-state index in [9.17, 15) is 209 Å². The predicted molar refractivity (Wildman–Crippen MR) is 314 cm³/mol. The van der Waals surface area contributed by atoms with Crippen LogP contribution in [0.4, 0.5) is 0 Å². The van der Waals surface area contributed by atoms with Crippen molar-refractivity contribution in [1.82, 2.24) is 10.6 Å². The van der Waals surface area contributed by atoms with Crippen LogP contribution in [0.3, 0.4) is 0 Å². The van der Waals surface area contributed by atoms with Crippen LogP contribution in [0.1, 0.15) is 6.42 Å². The van der Waals surface area contributed by atoms with Gasteiger partial charge in [0.15, 0.2) is 37.0 Å². The largest absolute Gasteiger partial charge is 0.398 e. The summed E-state index contributed by atoms with van der Waals surface area (Å²) in [5.41, 5.74) is 0. The van der Waals surface area contributed by atoms with Gasteiger partial charge in [-0.3, -0.25) is 77.9 Å². The summed E-state index contributed by atoms with van der Waals surface area (Å²) in [5, 5.41) is 12.7. The maximum atomic E-state index is 14.1. The summed E-state index contributed by atoms with van der Waals surface area (Å²) in [6, 6.07) is 0. The van der Waals surface area contributed by atoms with Crippen molar-refractivity contribution in [2.24, 2.45) is 0 Å². The van der Waals surface area contributed by atoms with Crippen molar-refractivity contribution < 1.29 is 291 Å². The Morgan fingerprint density at radius 1 is 0.297 bits per heavy atom. The number of carbonyl (C=O) groups excluding carboxylic acids is 2. The number of amides is 2. The quantitative estimate of drug-likeness (QED) is 0.0199. The molecule has 2 saturated heterocycles. The first kappa shape index (κ1) is 104. The number of aliphatic hydroxyl groups excluding tert-OH is 1. The number of hydrogen-bond donors (Lipinski definition) is 18. The van der Waals surface area contributed by atoms with Gasteiger partial charge in [0.05, 0.1) is 26.4 Å². The molecule has 84 heteroatoms. The second-order valence-corrected chi connectivity index (χ2v) is 35.3. The van der Waals surface area contributed by atoms with Crippen LogP contribution in [-0.2, 0) is 247 Å². The van der Waals surface area contributed by atoms with Crippen molar-refractivity contribution in [3.63, 3.8) is 0 Å². The molecule has 2 heterocycles. The first-order chi connectivity index (χ1) is 49.1. The fraction of sp³-hybridized carbons (Fsp3) is 0.926. The van der Waals surface area contributed by atoms with Gasteiger partial charge in [-0.2, -0.15) is 126 Å². The molecule has 18 atom stereocenters. The third-order valence-electron chi connectivity index (χ3n) is 11.3. The smallest absolute Gasteiger partial charge is 0.394 e. The molecule has 2 fully saturated rings. The summed E-state index contributed by atoms with van der Waals surface area (Å²) in [5.74, 6) is -5.46. The Morgan fingerprint density at radius 2 is 0.550 bits per heavy atom. The molecule has 0 saturated carbocycles. The summed E-state index contributed by atoms with van der Waals surface area (Å²) >= 11 is 0. The lowest BCUT2D eigenvalue weighted by Crippen LogP contribution is -2.65. The number of ether oxygens (including phenoxy) is 4. The third-order valence-corrected chi connectivity index (χ3v) is 18.2. The van der Waals surface area contributed by atoms with Gasteiger partial charge in [-0.15, -0.1) is 0 Å². The summed E-state index contributed by atoms with van der Waals surface area (Å²) in [6.07, 6.45) is -70.7. The Labute approximate surface area is 621 Å². The number of hydrogen-bond acceptors (Lipinski definition) is 52. The van der Waals surface area contributed by atoms with E-state index in [2.05, 4.69) is 62.7 Å². The fourth-order valence-corrected chi connectivity index (χ4v) is 15.0. The Balaban J connectivity index is 3.20. The van der Waals surface area contributed by atoms with Crippen LogP contribution in [0.5, 0.6) is 0 Å². The maximum absolute atomic E-state index is 14.1. The van der Waals surface area contributed by atoms with Gasteiger partial charge in [-0.05, 0) is 6.42 Å². The van der Waals surface area contributed by atoms with E-state index >= 15 is 0 Å². The molecule has 0 spiro atoms. The molecule has 2 aliphatic heterocycles. The molecule has 111 heavy (non-hydrogen) atoms. The van der Waals surface area contributed by atoms with Crippen molar-refractivity contribution >= 4 is 168 Å². The van der Waals surface area contributed by atoms with E-state index < -0.39 is 324 Å².